The van der Waals surface area contributed by atoms with Crippen molar-refractivity contribution in [3.63, 3.8) is 0 Å². The lowest BCUT2D eigenvalue weighted by Gasteiger charge is -2.14. The summed E-state index contributed by atoms with van der Waals surface area (Å²) in [6.45, 7) is 4.34. The van der Waals surface area contributed by atoms with Crippen LogP contribution in [0.2, 0.25) is 0 Å². The van der Waals surface area contributed by atoms with E-state index >= 15 is 0 Å². The van der Waals surface area contributed by atoms with Gasteiger partial charge in [-0.1, -0.05) is 12.1 Å². The molecule has 0 aromatic carbocycles. The third-order valence-electron chi connectivity index (χ3n) is 1.32. The fourth-order valence-corrected chi connectivity index (χ4v) is 0.790. The van der Waals surface area contributed by atoms with Gasteiger partial charge in [0.1, 0.15) is 5.82 Å². The summed E-state index contributed by atoms with van der Waals surface area (Å²) in [5.41, 5.74) is 0. The van der Waals surface area contributed by atoms with Crippen LogP contribution in [0.3, 0.4) is 0 Å². The number of hydrogen-bond donors (Lipinski definition) is 0. The van der Waals surface area contributed by atoms with Crippen molar-refractivity contribution in [2.45, 2.75) is 0 Å². The van der Waals surface area contributed by atoms with Gasteiger partial charge in [0.2, 0.25) is 0 Å². The van der Waals surface area contributed by atoms with Crippen molar-refractivity contribution in [3.8, 4) is 0 Å². The first-order valence-corrected chi connectivity index (χ1v) is 3.44. The predicted molar refractivity (Wildman–Crippen MR) is 47.1 cm³/mol. The lowest BCUT2D eigenvalue weighted by Crippen LogP contribution is -2.14. The van der Waals surface area contributed by atoms with Crippen LogP contribution in [0.1, 0.15) is 0 Å². The van der Waals surface area contributed by atoms with Gasteiger partial charge in [-0.25, -0.2) is 4.98 Å². The largest absolute Gasteiger partial charge is 0.351 e. The summed E-state index contributed by atoms with van der Waals surface area (Å²) in [5, 5.41) is 0. The molecular weight excluding hydrogens is 136 g/mol. The van der Waals surface area contributed by atoms with Gasteiger partial charge < -0.3 is 4.90 Å². The van der Waals surface area contributed by atoms with E-state index < -0.39 is 0 Å². The number of pyridine rings is 1. The summed E-state index contributed by atoms with van der Waals surface area (Å²) in [5.74, 6) is 0.868. The smallest absolute Gasteiger partial charge is 0.128 e. The highest BCUT2D eigenvalue weighted by molar-refractivity contribution is 5.38. The second kappa shape index (κ2) is 3.76. The van der Waals surface area contributed by atoms with Crippen LogP contribution < -0.4 is 4.90 Å². The topological polar surface area (TPSA) is 16.1 Å². The molecule has 0 bridgehead atoms. The molecule has 0 fully saturated rings. The lowest BCUT2D eigenvalue weighted by molar-refractivity contribution is 1.04. The molecule has 2 heteroatoms. The molecule has 1 radical (unpaired) electrons. The van der Waals surface area contributed by atoms with Crippen LogP contribution >= 0.6 is 0 Å². The second-order valence-electron chi connectivity index (χ2n) is 2.20. The summed E-state index contributed by atoms with van der Waals surface area (Å²) >= 11 is 0. The van der Waals surface area contributed by atoms with Crippen LogP contribution in [-0.4, -0.2) is 11.5 Å². The van der Waals surface area contributed by atoms with Gasteiger partial charge in [-0.15, -0.1) is 6.58 Å². The van der Waals surface area contributed by atoms with Crippen molar-refractivity contribution < 1.29 is 0 Å². The Bertz CT molecular complexity index is 218. The van der Waals surface area contributed by atoms with Crippen LogP contribution in [-0.2, 0) is 0 Å². The lowest BCUT2D eigenvalue weighted by atomic mass is 10.4. The molecule has 0 saturated heterocycles. The first-order valence-electron chi connectivity index (χ1n) is 3.44. The zero-order valence-corrected chi connectivity index (χ0v) is 6.40. The predicted octanol–water partition coefficient (Wildman–Crippen LogP) is 1.87. The Hall–Kier alpha value is -1.31. The summed E-state index contributed by atoms with van der Waals surface area (Å²) < 4.78 is 0. The number of hydrogen-bond acceptors (Lipinski definition) is 2. The Balaban J connectivity index is 2.68. The minimum absolute atomic E-state index is 0.719. The number of anilines is 1. The molecule has 0 saturated carbocycles. The van der Waals surface area contributed by atoms with Crippen LogP contribution in [0.15, 0.2) is 37.1 Å². The Morgan fingerprint density at radius 3 is 2.91 bits per heavy atom. The van der Waals surface area contributed by atoms with Crippen molar-refractivity contribution in [1.82, 2.24) is 4.98 Å². The van der Waals surface area contributed by atoms with E-state index in [1.54, 1.807) is 17.2 Å². The summed E-state index contributed by atoms with van der Waals surface area (Å²) in [6.07, 6.45) is 3.54. The van der Waals surface area contributed by atoms with E-state index in [4.69, 9.17) is 0 Å². The molecule has 57 valence electrons. The quantitative estimate of drug-likeness (QED) is 0.607. The Morgan fingerprint density at radius 2 is 2.36 bits per heavy atom. The molecular formula is C9H11N2. The molecule has 0 aliphatic carbocycles. The second-order valence-corrected chi connectivity index (χ2v) is 2.20. The van der Waals surface area contributed by atoms with E-state index in [1.807, 2.05) is 18.2 Å². The minimum Gasteiger partial charge on any atom is -0.351 e. The molecule has 1 heterocycles. The van der Waals surface area contributed by atoms with Crippen LogP contribution in [0.5, 0.6) is 0 Å². The number of nitrogens with zero attached hydrogens (tertiary/aromatic N) is 2. The van der Waals surface area contributed by atoms with Crippen LogP contribution in [0.4, 0.5) is 5.82 Å². The molecule has 1 aromatic heterocycles. The molecule has 0 aliphatic heterocycles. The Kier molecular flexibility index (Phi) is 2.66. The van der Waals surface area contributed by atoms with E-state index in [9.17, 15) is 0 Å². The SMILES string of the molecule is [CH2]N(CC=C)c1ccccn1. The first kappa shape index (κ1) is 7.79. The highest BCUT2D eigenvalue weighted by atomic mass is 15.1. The van der Waals surface area contributed by atoms with E-state index in [-0.39, 0.29) is 0 Å². The molecule has 0 spiro atoms. The maximum Gasteiger partial charge on any atom is 0.128 e. The molecule has 2 nitrogen and oxygen atoms in total. The fraction of sp³-hybridized carbons (Fsp3) is 0.111. The van der Waals surface area contributed by atoms with Gasteiger partial charge in [-0.2, -0.15) is 0 Å². The molecule has 0 aliphatic rings. The van der Waals surface area contributed by atoms with Gasteiger partial charge in [0.15, 0.2) is 0 Å². The molecule has 0 atom stereocenters. The standard InChI is InChI=1S/C9H11N2/c1-3-8-11(2)9-6-4-5-7-10-9/h3-7H,1-2,8H2. The first-order chi connectivity index (χ1) is 5.34. The minimum atomic E-state index is 0.719. The van der Waals surface area contributed by atoms with Crippen molar-refractivity contribution in [2.24, 2.45) is 0 Å². The Morgan fingerprint density at radius 1 is 1.55 bits per heavy atom. The van der Waals surface area contributed by atoms with E-state index in [1.165, 1.54) is 0 Å². The molecule has 0 N–H and O–H groups in total. The van der Waals surface area contributed by atoms with E-state index in [0.717, 1.165) is 12.4 Å². The van der Waals surface area contributed by atoms with E-state index in [2.05, 4.69) is 18.6 Å². The van der Waals surface area contributed by atoms with Gasteiger partial charge in [0.25, 0.3) is 0 Å². The number of aromatic nitrogens is 1. The molecule has 11 heavy (non-hydrogen) atoms. The van der Waals surface area contributed by atoms with Crippen molar-refractivity contribution >= 4 is 5.82 Å². The molecule has 0 unspecified atom stereocenters. The van der Waals surface area contributed by atoms with Gasteiger partial charge >= 0.3 is 0 Å². The maximum atomic E-state index is 4.11. The maximum absolute atomic E-state index is 4.11. The highest BCUT2D eigenvalue weighted by Crippen LogP contribution is 2.06. The van der Waals surface area contributed by atoms with Crippen LogP contribution in [0.25, 0.3) is 0 Å². The van der Waals surface area contributed by atoms with Gasteiger partial charge in [-0.05, 0) is 12.1 Å². The third kappa shape index (κ3) is 2.08. The highest BCUT2D eigenvalue weighted by Gasteiger charge is 1.95. The monoisotopic (exact) mass is 147 g/mol. The Labute approximate surface area is 67.2 Å². The summed E-state index contributed by atoms with van der Waals surface area (Å²) in [6, 6.07) is 5.73. The normalized spacial score (nSPS) is 9.18. The van der Waals surface area contributed by atoms with Gasteiger partial charge in [0, 0.05) is 19.8 Å². The van der Waals surface area contributed by atoms with Gasteiger partial charge in [-0.3, -0.25) is 0 Å². The summed E-state index contributed by atoms with van der Waals surface area (Å²) in [7, 11) is 3.80. The summed E-state index contributed by atoms with van der Waals surface area (Å²) in [4.78, 5) is 5.90. The number of rotatable bonds is 3. The fourth-order valence-electron chi connectivity index (χ4n) is 0.790. The zero-order valence-electron chi connectivity index (χ0n) is 6.40. The van der Waals surface area contributed by atoms with Crippen molar-refractivity contribution in [1.29, 1.82) is 0 Å². The zero-order chi connectivity index (χ0) is 8.10. The average Bonchev–Trinajstić information content (AvgIpc) is 2.07. The van der Waals surface area contributed by atoms with E-state index in [0.29, 0.717) is 0 Å². The van der Waals surface area contributed by atoms with Crippen LogP contribution in [0, 0.1) is 7.05 Å². The van der Waals surface area contributed by atoms with Crippen molar-refractivity contribution in [3.05, 3.63) is 44.1 Å². The average molecular weight is 147 g/mol. The molecule has 1 rings (SSSR count). The van der Waals surface area contributed by atoms with Crippen molar-refractivity contribution in [2.75, 3.05) is 11.4 Å². The van der Waals surface area contributed by atoms with Gasteiger partial charge in [0.05, 0.1) is 0 Å². The molecule has 1 aromatic rings. The molecule has 0 amide bonds. The third-order valence-corrected chi connectivity index (χ3v) is 1.32.